The molecule has 2 aliphatic rings. The number of hydrogen-bond donors (Lipinski definition) is 0. The number of rotatable bonds is 1. The van der Waals surface area contributed by atoms with Crippen LogP contribution in [0.1, 0.15) is 29.6 Å². The maximum absolute atomic E-state index is 2.48. The molecule has 2 aromatic carbocycles. The second-order valence-electron chi connectivity index (χ2n) is 5.34. The molecule has 0 saturated carbocycles. The van der Waals surface area contributed by atoms with Crippen molar-refractivity contribution >= 4 is 24.8 Å². The van der Waals surface area contributed by atoms with Crippen LogP contribution in [0, 0.1) is 0 Å². The molecule has 0 radical (unpaired) electrons. The van der Waals surface area contributed by atoms with Gasteiger partial charge >= 0.3 is 0 Å². The molecular weight excluding hydrogens is 235 g/mol. The van der Waals surface area contributed by atoms with E-state index in [2.05, 4.69) is 48.6 Å². The molecule has 18 heavy (non-hydrogen) atoms. The summed E-state index contributed by atoms with van der Waals surface area (Å²) in [5, 5.41) is 2.93. The third-order valence-corrected chi connectivity index (χ3v) is 7.30. The van der Waals surface area contributed by atoms with Crippen LogP contribution in [0.4, 0.5) is 0 Å². The Bertz CT molecular complexity index is 615. The summed E-state index contributed by atoms with van der Waals surface area (Å²) in [4.78, 5) is 0. The summed E-state index contributed by atoms with van der Waals surface area (Å²) in [5.41, 5.74) is 3.73. The first kappa shape index (κ1) is 10.8. The molecule has 0 amide bonds. The maximum Gasteiger partial charge on any atom is 0.0230 e. The van der Waals surface area contributed by atoms with Gasteiger partial charge in [0.15, 0.2) is 0 Å². The van der Waals surface area contributed by atoms with Gasteiger partial charge in [-0.3, -0.25) is 0 Å². The number of allylic oxidation sites excluding steroid dienone is 1. The van der Waals surface area contributed by atoms with E-state index < -0.39 is 0 Å². The van der Waals surface area contributed by atoms with Gasteiger partial charge in [0.05, 0.1) is 0 Å². The van der Waals surface area contributed by atoms with Gasteiger partial charge in [-0.25, -0.2) is 0 Å². The molecule has 1 fully saturated rings. The number of benzene rings is 2. The van der Waals surface area contributed by atoms with Gasteiger partial charge < -0.3 is 0 Å². The lowest BCUT2D eigenvalue weighted by atomic mass is 9.93. The van der Waals surface area contributed by atoms with Crippen LogP contribution >= 0.6 is 7.92 Å². The van der Waals surface area contributed by atoms with E-state index in [9.17, 15) is 0 Å². The van der Waals surface area contributed by atoms with E-state index in [1.54, 1.807) is 5.56 Å². The van der Waals surface area contributed by atoms with E-state index in [1.807, 2.05) is 0 Å². The monoisotopic (exact) mass is 252 g/mol. The van der Waals surface area contributed by atoms with E-state index in [0.717, 1.165) is 5.66 Å². The number of hydrogen-bond acceptors (Lipinski definition) is 0. The summed E-state index contributed by atoms with van der Waals surface area (Å²) in [5.74, 6) is 0. The average molecular weight is 252 g/mol. The van der Waals surface area contributed by atoms with Crippen molar-refractivity contribution in [1.29, 1.82) is 0 Å². The molecule has 1 aliphatic heterocycles. The van der Waals surface area contributed by atoms with Crippen molar-refractivity contribution < 1.29 is 0 Å². The second-order valence-corrected chi connectivity index (χ2v) is 7.97. The van der Waals surface area contributed by atoms with Crippen LogP contribution in [0.5, 0.6) is 0 Å². The van der Waals surface area contributed by atoms with Crippen molar-refractivity contribution in [3.05, 3.63) is 53.6 Å². The Labute approximate surface area is 109 Å². The van der Waals surface area contributed by atoms with Gasteiger partial charge in [-0.1, -0.05) is 56.5 Å². The zero-order valence-corrected chi connectivity index (χ0v) is 11.4. The summed E-state index contributed by atoms with van der Waals surface area (Å²) >= 11 is 0. The highest BCUT2D eigenvalue weighted by Gasteiger charge is 2.27. The summed E-state index contributed by atoms with van der Waals surface area (Å²) in [6.07, 6.45) is 10.7. The highest BCUT2D eigenvalue weighted by Crippen LogP contribution is 2.58. The zero-order valence-electron chi connectivity index (χ0n) is 10.5. The fraction of sp³-hybridized carbons (Fsp3) is 0.294. The fourth-order valence-electron chi connectivity index (χ4n) is 3.42. The molecule has 1 atom stereocenters. The molecule has 0 aromatic heterocycles. The molecule has 1 unspecified atom stereocenters. The molecular formula is C17H17P. The smallest absolute Gasteiger partial charge is 0.0230 e. The Hall–Kier alpha value is -1.13. The standard InChI is InChI=1S/C17H17P/c1-2-12-18(11-1)16-10-9-14-6-3-5-13-7-4-8-15(16)17(13)14/h3-10,16H,1-2,11-12H2. The predicted octanol–water partition coefficient (Wildman–Crippen LogP) is 5.18. The van der Waals surface area contributed by atoms with Crippen LogP contribution in [0.25, 0.3) is 16.8 Å². The summed E-state index contributed by atoms with van der Waals surface area (Å²) in [6.45, 7) is 0. The van der Waals surface area contributed by atoms with Crippen molar-refractivity contribution in [3.8, 4) is 0 Å². The van der Waals surface area contributed by atoms with Crippen LogP contribution in [-0.2, 0) is 0 Å². The third-order valence-electron chi connectivity index (χ3n) is 4.28. The van der Waals surface area contributed by atoms with Gasteiger partial charge in [0, 0.05) is 5.66 Å². The highest BCUT2D eigenvalue weighted by molar-refractivity contribution is 7.58. The third kappa shape index (κ3) is 1.56. The molecule has 0 nitrogen and oxygen atoms in total. The van der Waals surface area contributed by atoms with Crippen LogP contribution in [0.3, 0.4) is 0 Å². The van der Waals surface area contributed by atoms with Gasteiger partial charge in [-0.15, -0.1) is 0 Å². The van der Waals surface area contributed by atoms with Crippen molar-refractivity contribution in [2.75, 3.05) is 12.3 Å². The molecule has 0 N–H and O–H groups in total. The summed E-state index contributed by atoms with van der Waals surface area (Å²) < 4.78 is 0. The van der Waals surface area contributed by atoms with Crippen molar-refractivity contribution in [2.45, 2.75) is 18.5 Å². The fourth-order valence-corrected chi connectivity index (χ4v) is 6.40. The van der Waals surface area contributed by atoms with Gasteiger partial charge in [0.2, 0.25) is 0 Å². The van der Waals surface area contributed by atoms with E-state index in [-0.39, 0.29) is 7.92 Å². The molecule has 4 rings (SSSR count). The van der Waals surface area contributed by atoms with Crippen LogP contribution in [0.15, 0.2) is 42.5 Å². The second kappa shape index (κ2) is 4.21. The van der Waals surface area contributed by atoms with Gasteiger partial charge in [-0.2, -0.15) is 0 Å². The summed E-state index contributed by atoms with van der Waals surface area (Å²) in [6, 6.07) is 13.5. The molecule has 90 valence electrons. The zero-order chi connectivity index (χ0) is 11.9. The highest BCUT2D eigenvalue weighted by atomic mass is 31.1. The lowest BCUT2D eigenvalue weighted by molar-refractivity contribution is 0.949. The normalized spacial score (nSPS) is 22.8. The Morgan fingerprint density at radius 3 is 2.56 bits per heavy atom. The quantitative estimate of drug-likeness (QED) is 0.613. The van der Waals surface area contributed by atoms with Crippen LogP contribution < -0.4 is 0 Å². The van der Waals surface area contributed by atoms with E-state index in [4.69, 9.17) is 0 Å². The summed E-state index contributed by atoms with van der Waals surface area (Å²) in [7, 11) is 0.200. The maximum atomic E-state index is 2.48. The average Bonchev–Trinajstić information content (AvgIpc) is 2.94. The molecule has 2 aromatic rings. The van der Waals surface area contributed by atoms with E-state index in [0.29, 0.717) is 0 Å². The van der Waals surface area contributed by atoms with Crippen molar-refractivity contribution in [2.24, 2.45) is 0 Å². The van der Waals surface area contributed by atoms with Crippen LogP contribution in [-0.4, -0.2) is 12.3 Å². The van der Waals surface area contributed by atoms with E-state index >= 15 is 0 Å². The first-order valence-electron chi connectivity index (χ1n) is 6.87. The first-order chi connectivity index (χ1) is 8.93. The topological polar surface area (TPSA) is 0 Å². The SMILES string of the molecule is C1=CC(P2CCCC2)c2cccc3cccc1c23. The Morgan fingerprint density at radius 1 is 0.944 bits per heavy atom. The largest absolute Gasteiger partial charge is 0.0950 e. The van der Waals surface area contributed by atoms with Crippen molar-refractivity contribution in [1.82, 2.24) is 0 Å². The first-order valence-corrected chi connectivity index (χ1v) is 8.65. The molecule has 1 aliphatic carbocycles. The molecule has 0 spiro atoms. The Morgan fingerprint density at radius 2 is 1.72 bits per heavy atom. The minimum Gasteiger partial charge on any atom is -0.0950 e. The lowest BCUT2D eigenvalue weighted by Crippen LogP contribution is -2.01. The lowest BCUT2D eigenvalue weighted by Gasteiger charge is -2.26. The van der Waals surface area contributed by atoms with Crippen molar-refractivity contribution in [3.63, 3.8) is 0 Å². The Kier molecular flexibility index (Phi) is 2.52. The van der Waals surface area contributed by atoms with Gasteiger partial charge in [0.1, 0.15) is 0 Å². The van der Waals surface area contributed by atoms with Crippen LogP contribution in [0.2, 0.25) is 0 Å². The Balaban J connectivity index is 1.92. The predicted molar refractivity (Wildman–Crippen MR) is 81.6 cm³/mol. The minimum absolute atomic E-state index is 0.200. The molecule has 1 heteroatoms. The van der Waals surface area contributed by atoms with Gasteiger partial charge in [0.25, 0.3) is 0 Å². The van der Waals surface area contributed by atoms with Gasteiger partial charge in [-0.05, 0) is 47.1 Å². The van der Waals surface area contributed by atoms with E-state index in [1.165, 1.54) is 41.5 Å². The molecule has 1 heterocycles. The minimum atomic E-state index is 0.200. The molecule has 0 bridgehead atoms. The molecule has 1 saturated heterocycles.